The predicted molar refractivity (Wildman–Crippen MR) is 33.0 cm³/mol. The van der Waals surface area contributed by atoms with Gasteiger partial charge in [0, 0.05) is 0 Å². The van der Waals surface area contributed by atoms with Crippen LogP contribution in [-0.2, 0) is 0 Å². The summed E-state index contributed by atoms with van der Waals surface area (Å²) in [5.41, 5.74) is 0. The van der Waals surface area contributed by atoms with Crippen LogP contribution in [0.15, 0.2) is 0 Å². The highest BCUT2D eigenvalue weighted by Crippen LogP contribution is 1.89. The van der Waals surface area contributed by atoms with E-state index in [9.17, 15) is 0 Å². The third kappa shape index (κ3) is 4.47. The van der Waals surface area contributed by atoms with Crippen molar-refractivity contribution in [3.8, 4) is 0 Å². The van der Waals surface area contributed by atoms with Crippen molar-refractivity contribution in [2.45, 2.75) is 6.92 Å². The molecule has 0 aromatic rings. The van der Waals surface area contributed by atoms with Crippen LogP contribution in [0, 0.1) is 0 Å². The lowest BCUT2D eigenvalue weighted by Gasteiger charge is -1.77. The number of aliphatic hydroxyl groups is 1. The monoisotopic (exact) mass is 126 g/mol. The fourth-order valence-electron chi connectivity index (χ4n) is 0.130. The van der Waals surface area contributed by atoms with Crippen LogP contribution in [0.4, 0.5) is 0 Å². The molecule has 0 spiro atoms. The summed E-state index contributed by atoms with van der Waals surface area (Å²) in [5.74, 6) is 0.884. The van der Waals surface area contributed by atoms with E-state index in [0.29, 0.717) is 0 Å². The number of hydrogen-bond acceptors (Lipinski definition) is 0. The molecule has 0 aliphatic rings. The third-order valence-electron chi connectivity index (χ3n) is 0.289. The van der Waals surface area contributed by atoms with Crippen molar-refractivity contribution in [1.29, 1.82) is 0 Å². The molecule has 0 heterocycles. The van der Waals surface area contributed by atoms with E-state index in [0.717, 1.165) is 17.1 Å². The van der Waals surface area contributed by atoms with Crippen molar-refractivity contribution in [2.24, 2.45) is 0 Å². The summed E-state index contributed by atoms with van der Waals surface area (Å²) < 4.78 is -0.0162. The second kappa shape index (κ2) is 3.65. The molecule has 0 bridgehead atoms. The van der Waals surface area contributed by atoms with Crippen LogP contribution in [0.25, 0.3) is 0 Å². The summed E-state index contributed by atoms with van der Waals surface area (Å²) in [4.78, 5) is 0. The SMILES string of the molecule is CC[SH]=C(O)Cl. The molecule has 3 heteroatoms. The Balaban J connectivity index is 3.14. The minimum absolute atomic E-state index is 0.0162. The van der Waals surface area contributed by atoms with Gasteiger partial charge in [0.2, 0.25) is 0 Å². The second-order valence-corrected chi connectivity index (χ2v) is 2.74. The summed E-state index contributed by atoms with van der Waals surface area (Å²) in [6.45, 7) is 1.94. The molecule has 1 nitrogen and oxygen atoms in total. The minimum atomic E-state index is -0.0162. The van der Waals surface area contributed by atoms with Gasteiger partial charge in [-0.05, 0) is 5.75 Å². The van der Waals surface area contributed by atoms with Crippen LogP contribution in [0.2, 0.25) is 0 Å². The fraction of sp³-hybridized carbons (Fsp3) is 0.667. The molecule has 1 N–H and O–H groups in total. The molecule has 0 aromatic carbocycles. The number of thiol groups is 1. The Morgan fingerprint density at radius 3 is 2.50 bits per heavy atom. The molecular formula is C3H7ClOS. The van der Waals surface area contributed by atoms with Crippen molar-refractivity contribution >= 4 is 27.5 Å². The maximum atomic E-state index is 8.22. The second-order valence-electron chi connectivity index (χ2n) is 0.743. The quantitative estimate of drug-likeness (QED) is 0.309. The van der Waals surface area contributed by atoms with Gasteiger partial charge in [-0.25, -0.2) is 0 Å². The number of rotatable bonds is 1. The number of halogens is 1. The predicted octanol–water partition coefficient (Wildman–Crippen LogP) is 1.36. The summed E-state index contributed by atoms with van der Waals surface area (Å²) in [6, 6.07) is 0. The average Bonchev–Trinajstić information content (AvgIpc) is 1.35. The molecular weight excluding hydrogens is 120 g/mol. The van der Waals surface area contributed by atoms with E-state index in [1.54, 1.807) is 0 Å². The van der Waals surface area contributed by atoms with Crippen molar-refractivity contribution in [3.63, 3.8) is 0 Å². The maximum absolute atomic E-state index is 8.22. The Bertz CT molecular complexity index is 57.8. The summed E-state index contributed by atoms with van der Waals surface area (Å²) in [6.07, 6.45) is 0. The number of hydrogen-bond donors (Lipinski definition) is 2. The van der Waals surface area contributed by atoms with E-state index < -0.39 is 0 Å². The van der Waals surface area contributed by atoms with Gasteiger partial charge in [-0.2, -0.15) is 11.4 Å². The first-order chi connectivity index (χ1) is 2.77. The minimum Gasteiger partial charge on any atom is -0.346 e. The van der Waals surface area contributed by atoms with E-state index in [2.05, 4.69) is 0 Å². The van der Waals surface area contributed by atoms with Gasteiger partial charge in [0.1, 0.15) is 0 Å². The fourth-order valence-corrected chi connectivity index (χ4v) is 0.750. The molecule has 0 atom stereocenters. The topological polar surface area (TPSA) is 20.2 Å². The Labute approximate surface area is 45.9 Å². The van der Waals surface area contributed by atoms with E-state index >= 15 is 0 Å². The molecule has 38 valence electrons. The highest BCUT2D eigenvalue weighted by atomic mass is 35.5. The van der Waals surface area contributed by atoms with Crippen molar-refractivity contribution in [1.82, 2.24) is 0 Å². The highest BCUT2D eigenvalue weighted by Gasteiger charge is 1.71. The first-order valence-corrected chi connectivity index (χ1v) is 3.12. The van der Waals surface area contributed by atoms with Gasteiger partial charge in [-0.1, -0.05) is 18.5 Å². The Hall–Kier alpha value is 0.470. The lowest BCUT2D eigenvalue weighted by atomic mass is 11.0. The van der Waals surface area contributed by atoms with E-state index in [-0.39, 0.29) is 4.51 Å². The van der Waals surface area contributed by atoms with Crippen LogP contribution in [-0.4, -0.2) is 15.4 Å². The van der Waals surface area contributed by atoms with Crippen LogP contribution in [0.5, 0.6) is 0 Å². The maximum Gasteiger partial charge on any atom is 0.162 e. The average molecular weight is 127 g/mol. The van der Waals surface area contributed by atoms with Crippen LogP contribution >= 0.6 is 23.0 Å². The normalized spacial score (nSPS) is 13.5. The molecule has 6 heavy (non-hydrogen) atoms. The zero-order valence-corrected chi connectivity index (χ0v) is 5.13. The molecule has 0 fully saturated rings. The van der Waals surface area contributed by atoms with E-state index in [1.165, 1.54) is 0 Å². The van der Waals surface area contributed by atoms with Gasteiger partial charge in [0.15, 0.2) is 4.51 Å². The molecule has 0 aliphatic heterocycles. The first kappa shape index (κ1) is 6.47. The van der Waals surface area contributed by atoms with Gasteiger partial charge < -0.3 is 5.11 Å². The number of aliphatic hydroxyl groups excluding tert-OH is 1. The molecule has 0 saturated heterocycles. The molecule has 0 radical (unpaired) electrons. The van der Waals surface area contributed by atoms with Gasteiger partial charge >= 0.3 is 0 Å². The smallest absolute Gasteiger partial charge is 0.162 e. The van der Waals surface area contributed by atoms with E-state index in [4.69, 9.17) is 16.7 Å². The lowest BCUT2D eigenvalue weighted by Crippen LogP contribution is -1.74. The summed E-state index contributed by atoms with van der Waals surface area (Å²) in [7, 11) is 0. The third-order valence-corrected chi connectivity index (χ3v) is 1.22. The van der Waals surface area contributed by atoms with Gasteiger partial charge in [-0.15, -0.1) is 0 Å². The van der Waals surface area contributed by atoms with Crippen LogP contribution in [0.3, 0.4) is 0 Å². The van der Waals surface area contributed by atoms with Gasteiger partial charge in [0.05, 0.1) is 0 Å². The molecule has 0 amide bonds. The highest BCUT2D eigenvalue weighted by molar-refractivity contribution is 8.00. The zero-order chi connectivity index (χ0) is 4.99. The molecule has 0 unspecified atom stereocenters. The van der Waals surface area contributed by atoms with Crippen molar-refractivity contribution in [3.05, 3.63) is 0 Å². The largest absolute Gasteiger partial charge is 0.346 e. The molecule has 0 rings (SSSR count). The first-order valence-electron chi connectivity index (χ1n) is 1.66. The standard InChI is InChI=1S/C3H7ClOS/c1-2-6-3(4)5/h5-6H,2H2,1H3. The van der Waals surface area contributed by atoms with Crippen LogP contribution in [0.1, 0.15) is 6.92 Å². The molecule has 0 saturated carbocycles. The summed E-state index contributed by atoms with van der Waals surface area (Å²) in [5, 5.41) is 8.22. The van der Waals surface area contributed by atoms with Gasteiger partial charge in [-0.3, -0.25) is 0 Å². The van der Waals surface area contributed by atoms with Crippen molar-refractivity contribution in [2.75, 3.05) is 5.75 Å². The zero-order valence-electron chi connectivity index (χ0n) is 3.48. The van der Waals surface area contributed by atoms with E-state index in [1.807, 2.05) is 6.92 Å². The lowest BCUT2D eigenvalue weighted by molar-refractivity contribution is 0.583. The summed E-state index contributed by atoms with van der Waals surface area (Å²) >= 11 is 5.85. The van der Waals surface area contributed by atoms with Crippen LogP contribution < -0.4 is 0 Å². The Morgan fingerprint density at radius 1 is 2.00 bits per heavy atom. The van der Waals surface area contributed by atoms with Crippen molar-refractivity contribution < 1.29 is 5.11 Å². The molecule has 0 aliphatic carbocycles. The Kier molecular flexibility index (Phi) is 3.94. The van der Waals surface area contributed by atoms with Gasteiger partial charge in [0.25, 0.3) is 0 Å². The molecule has 0 aromatic heterocycles. The Morgan fingerprint density at radius 2 is 2.50 bits per heavy atom.